The quantitative estimate of drug-likeness (QED) is 0.631. The lowest BCUT2D eigenvalue weighted by Crippen LogP contribution is -1.93. The van der Waals surface area contributed by atoms with Crippen molar-refractivity contribution in [3.63, 3.8) is 0 Å². The topological polar surface area (TPSA) is 68.1 Å². The fraction of sp³-hybridized carbons (Fsp3) is 0. The van der Waals surface area contributed by atoms with Crippen LogP contribution in [-0.2, 0) is 0 Å². The average molecular weight is 215 g/mol. The second-order valence-electron chi connectivity index (χ2n) is 3.14. The summed E-state index contributed by atoms with van der Waals surface area (Å²) in [6.07, 6.45) is 1.67. The van der Waals surface area contributed by atoms with Gasteiger partial charge in [-0.3, -0.25) is 10.1 Å². The van der Waals surface area contributed by atoms with Crippen LogP contribution in [0.2, 0.25) is 0 Å². The van der Waals surface area contributed by atoms with Gasteiger partial charge in [0.15, 0.2) is 0 Å². The van der Waals surface area contributed by atoms with E-state index in [9.17, 15) is 10.1 Å². The summed E-state index contributed by atoms with van der Waals surface area (Å²) in [5.74, 6) is 0.705. The Labute approximate surface area is 91.9 Å². The first-order chi connectivity index (χ1) is 7.75. The van der Waals surface area contributed by atoms with E-state index in [1.54, 1.807) is 18.3 Å². The van der Waals surface area contributed by atoms with Gasteiger partial charge in [0.05, 0.1) is 4.92 Å². The van der Waals surface area contributed by atoms with Gasteiger partial charge >= 0.3 is 0 Å². The molecule has 0 bridgehead atoms. The number of nitrogens with one attached hydrogen (secondary N) is 1. The largest absolute Gasteiger partial charge is 0.340 e. The first-order valence-corrected chi connectivity index (χ1v) is 4.68. The van der Waals surface area contributed by atoms with E-state index in [4.69, 9.17) is 0 Å². The lowest BCUT2D eigenvalue weighted by atomic mass is 10.3. The number of nitro benzene ring substituents is 1. The van der Waals surface area contributed by atoms with Gasteiger partial charge in [-0.1, -0.05) is 6.07 Å². The van der Waals surface area contributed by atoms with E-state index >= 15 is 0 Å². The molecule has 5 heteroatoms. The van der Waals surface area contributed by atoms with Crippen LogP contribution in [0.1, 0.15) is 0 Å². The van der Waals surface area contributed by atoms with Crippen molar-refractivity contribution in [3.05, 3.63) is 58.8 Å². The average Bonchev–Trinajstić information content (AvgIpc) is 2.31. The maximum absolute atomic E-state index is 10.4. The number of benzene rings is 1. The molecule has 0 amide bonds. The highest BCUT2D eigenvalue weighted by molar-refractivity contribution is 5.57. The van der Waals surface area contributed by atoms with Crippen LogP contribution < -0.4 is 5.32 Å². The van der Waals surface area contributed by atoms with Gasteiger partial charge in [-0.2, -0.15) is 0 Å². The van der Waals surface area contributed by atoms with Crippen molar-refractivity contribution < 1.29 is 4.92 Å². The molecule has 0 saturated heterocycles. The fourth-order valence-corrected chi connectivity index (χ4v) is 1.25. The molecule has 0 fully saturated rings. The van der Waals surface area contributed by atoms with Crippen LogP contribution in [-0.4, -0.2) is 9.91 Å². The van der Waals surface area contributed by atoms with E-state index in [1.807, 2.05) is 18.2 Å². The molecule has 1 N–H and O–H groups in total. The highest BCUT2D eigenvalue weighted by Crippen LogP contribution is 2.18. The summed E-state index contributed by atoms with van der Waals surface area (Å²) in [7, 11) is 0. The Bertz CT molecular complexity index is 482. The molecule has 1 aromatic heterocycles. The van der Waals surface area contributed by atoms with Crippen molar-refractivity contribution in [2.24, 2.45) is 0 Å². The summed E-state index contributed by atoms with van der Waals surface area (Å²) in [5.41, 5.74) is 0.843. The third-order valence-corrected chi connectivity index (χ3v) is 2.02. The second-order valence-corrected chi connectivity index (χ2v) is 3.14. The molecule has 80 valence electrons. The Hall–Kier alpha value is -2.43. The molecule has 2 aromatic rings. The van der Waals surface area contributed by atoms with Gasteiger partial charge in [0.1, 0.15) is 5.82 Å². The maximum Gasteiger partial charge on any atom is 0.269 e. The number of hydrogen-bond acceptors (Lipinski definition) is 4. The van der Waals surface area contributed by atoms with Crippen LogP contribution in [0.15, 0.2) is 48.7 Å². The molecule has 0 atom stereocenters. The minimum atomic E-state index is -0.426. The van der Waals surface area contributed by atoms with Gasteiger partial charge < -0.3 is 5.32 Å². The number of anilines is 2. The number of non-ortho nitro benzene ring substituents is 1. The maximum atomic E-state index is 10.4. The fourth-order valence-electron chi connectivity index (χ4n) is 1.25. The zero-order valence-corrected chi connectivity index (χ0v) is 8.33. The lowest BCUT2D eigenvalue weighted by molar-refractivity contribution is -0.384. The molecular formula is C11H9N3O2. The van der Waals surface area contributed by atoms with Crippen LogP contribution >= 0.6 is 0 Å². The van der Waals surface area contributed by atoms with Crippen LogP contribution in [0.4, 0.5) is 17.2 Å². The predicted molar refractivity (Wildman–Crippen MR) is 60.6 cm³/mol. The van der Waals surface area contributed by atoms with E-state index in [2.05, 4.69) is 10.3 Å². The van der Waals surface area contributed by atoms with Gasteiger partial charge in [-0.25, -0.2) is 4.98 Å². The molecule has 0 spiro atoms. The number of rotatable bonds is 3. The SMILES string of the molecule is O=[N+]([O-])c1ccc(Nc2ccccn2)cc1. The van der Waals surface area contributed by atoms with Crippen LogP contribution in [0, 0.1) is 10.1 Å². The smallest absolute Gasteiger partial charge is 0.269 e. The highest BCUT2D eigenvalue weighted by Gasteiger charge is 2.03. The van der Waals surface area contributed by atoms with Crippen molar-refractivity contribution in [1.29, 1.82) is 0 Å². The Morgan fingerprint density at radius 2 is 1.88 bits per heavy atom. The van der Waals surface area contributed by atoms with Crippen molar-refractivity contribution in [1.82, 2.24) is 4.98 Å². The Morgan fingerprint density at radius 3 is 2.44 bits per heavy atom. The molecule has 0 aliphatic heterocycles. The summed E-state index contributed by atoms with van der Waals surface area (Å²) in [4.78, 5) is 14.1. The molecule has 5 nitrogen and oxygen atoms in total. The lowest BCUT2D eigenvalue weighted by Gasteiger charge is -2.03. The van der Waals surface area contributed by atoms with Crippen LogP contribution in [0.3, 0.4) is 0 Å². The number of aromatic nitrogens is 1. The highest BCUT2D eigenvalue weighted by atomic mass is 16.6. The Kier molecular flexibility index (Phi) is 2.77. The molecular weight excluding hydrogens is 206 g/mol. The number of pyridine rings is 1. The van der Waals surface area contributed by atoms with Gasteiger partial charge in [-0.15, -0.1) is 0 Å². The summed E-state index contributed by atoms with van der Waals surface area (Å²) >= 11 is 0. The standard InChI is InChI=1S/C11H9N3O2/c15-14(16)10-6-4-9(5-7-10)13-11-3-1-2-8-12-11/h1-8H,(H,12,13). The predicted octanol–water partition coefficient (Wildman–Crippen LogP) is 2.73. The van der Waals surface area contributed by atoms with E-state index in [-0.39, 0.29) is 5.69 Å². The van der Waals surface area contributed by atoms with Crippen LogP contribution in [0.25, 0.3) is 0 Å². The van der Waals surface area contributed by atoms with Gasteiger partial charge in [0.25, 0.3) is 5.69 Å². The first-order valence-electron chi connectivity index (χ1n) is 4.68. The Balaban J connectivity index is 2.14. The van der Waals surface area contributed by atoms with Gasteiger partial charge in [0, 0.05) is 24.0 Å². The summed E-state index contributed by atoms with van der Waals surface area (Å²) in [5, 5.41) is 13.5. The third kappa shape index (κ3) is 2.33. The van der Waals surface area contributed by atoms with Crippen molar-refractivity contribution in [3.8, 4) is 0 Å². The zero-order chi connectivity index (χ0) is 11.4. The molecule has 0 aliphatic carbocycles. The Morgan fingerprint density at radius 1 is 1.12 bits per heavy atom. The van der Waals surface area contributed by atoms with E-state index in [0.717, 1.165) is 5.69 Å². The van der Waals surface area contributed by atoms with Gasteiger partial charge in [-0.05, 0) is 24.3 Å². The summed E-state index contributed by atoms with van der Waals surface area (Å²) in [6.45, 7) is 0. The number of nitrogens with zero attached hydrogens (tertiary/aromatic N) is 2. The molecule has 16 heavy (non-hydrogen) atoms. The third-order valence-electron chi connectivity index (χ3n) is 2.02. The number of nitro groups is 1. The molecule has 0 aliphatic rings. The second kappa shape index (κ2) is 4.39. The summed E-state index contributed by atoms with van der Waals surface area (Å²) < 4.78 is 0. The first kappa shape index (κ1) is 10.1. The van der Waals surface area contributed by atoms with E-state index in [1.165, 1.54) is 12.1 Å². The molecule has 1 heterocycles. The molecule has 0 unspecified atom stereocenters. The van der Waals surface area contributed by atoms with Crippen LogP contribution in [0.5, 0.6) is 0 Å². The van der Waals surface area contributed by atoms with E-state index in [0.29, 0.717) is 5.82 Å². The molecule has 0 saturated carbocycles. The minimum Gasteiger partial charge on any atom is -0.340 e. The van der Waals surface area contributed by atoms with Crippen molar-refractivity contribution in [2.75, 3.05) is 5.32 Å². The summed E-state index contributed by atoms with van der Waals surface area (Å²) in [6, 6.07) is 11.7. The zero-order valence-electron chi connectivity index (χ0n) is 8.33. The minimum absolute atomic E-state index is 0.0755. The van der Waals surface area contributed by atoms with E-state index < -0.39 is 4.92 Å². The molecule has 1 aromatic carbocycles. The molecule has 2 rings (SSSR count). The van der Waals surface area contributed by atoms with Crippen molar-refractivity contribution in [2.45, 2.75) is 0 Å². The monoisotopic (exact) mass is 215 g/mol. The number of hydrogen-bond donors (Lipinski definition) is 1. The van der Waals surface area contributed by atoms with Gasteiger partial charge in [0.2, 0.25) is 0 Å². The normalized spacial score (nSPS) is 9.75. The van der Waals surface area contributed by atoms with Crippen molar-refractivity contribution >= 4 is 17.2 Å². The molecule has 0 radical (unpaired) electrons.